The number of nitrogens with zero attached hydrogens (tertiary/aromatic N) is 3. The topological polar surface area (TPSA) is 69.2 Å². The number of ether oxygens (including phenoxy) is 2. The monoisotopic (exact) mass is 280 g/mol. The second-order valence-electron chi connectivity index (χ2n) is 3.52. The van der Waals surface area contributed by atoms with Crippen molar-refractivity contribution in [3.05, 3.63) is 29.3 Å². The highest BCUT2D eigenvalue weighted by Crippen LogP contribution is 2.23. The van der Waals surface area contributed by atoms with Crippen LogP contribution in [0.4, 0.5) is 5.95 Å². The summed E-state index contributed by atoms with van der Waals surface area (Å²) in [6, 6.07) is 7.29. The van der Waals surface area contributed by atoms with Crippen molar-refractivity contribution < 1.29 is 9.47 Å². The summed E-state index contributed by atoms with van der Waals surface area (Å²) in [7, 11) is 1.48. The van der Waals surface area contributed by atoms with Gasteiger partial charge in [0.15, 0.2) is 0 Å². The highest BCUT2D eigenvalue weighted by Gasteiger charge is 2.08. The molecule has 1 aromatic carbocycles. The fourth-order valence-electron chi connectivity index (χ4n) is 1.35. The molecule has 19 heavy (non-hydrogen) atoms. The molecular formula is C12H13ClN4O2. The number of rotatable bonds is 5. The summed E-state index contributed by atoms with van der Waals surface area (Å²) in [4.78, 5) is 12.2. The standard InChI is InChI=1S/C12H13ClN4O2/c1-3-14-10-15-11(18-2)17-12(16-10)19-9-6-4-5-8(13)7-9/h4-7H,3H2,1-2H3,(H,14,15,16,17). The van der Waals surface area contributed by atoms with E-state index in [9.17, 15) is 0 Å². The summed E-state index contributed by atoms with van der Waals surface area (Å²) in [6.45, 7) is 2.62. The van der Waals surface area contributed by atoms with E-state index in [0.29, 0.717) is 23.3 Å². The Morgan fingerprint density at radius 3 is 2.68 bits per heavy atom. The van der Waals surface area contributed by atoms with Gasteiger partial charge in [0.1, 0.15) is 5.75 Å². The summed E-state index contributed by atoms with van der Waals surface area (Å²) < 4.78 is 10.5. The van der Waals surface area contributed by atoms with E-state index in [1.807, 2.05) is 6.92 Å². The lowest BCUT2D eigenvalue weighted by molar-refractivity contribution is 0.360. The van der Waals surface area contributed by atoms with Gasteiger partial charge in [-0.2, -0.15) is 9.97 Å². The number of halogens is 1. The maximum atomic E-state index is 5.88. The van der Waals surface area contributed by atoms with Gasteiger partial charge in [-0.1, -0.05) is 17.7 Å². The third-order valence-electron chi connectivity index (χ3n) is 2.12. The van der Waals surface area contributed by atoms with Gasteiger partial charge in [-0.05, 0) is 25.1 Å². The minimum Gasteiger partial charge on any atom is -0.467 e. The molecule has 0 amide bonds. The second-order valence-corrected chi connectivity index (χ2v) is 3.95. The maximum absolute atomic E-state index is 5.88. The average molecular weight is 281 g/mol. The predicted octanol–water partition coefficient (Wildman–Crippen LogP) is 2.76. The van der Waals surface area contributed by atoms with Crippen molar-refractivity contribution in [2.24, 2.45) is 0 Å². The number of nitrogens with one attached hydrogen (secondary N) is 1. The third kappa shape index (κ3) is 3.69. The molecule has 2 aromatic rings. The number of benzene rings is 1. The summed E-state index contributed by atoms with van der Waals surface area (Å²) in [5.74, 6) is 0.939. The number of methoxy groups -OCH3 is 1. The molecular weight excluding hydrogens is 268 g/mol. The van der Waals surface area contributed by atoms with Gasteiger partial charge in [-0.3, -0.25) is 0 Å². The molecule has 7 heteroatoms. The Bertz CT molecular complexity index is 565. The average Bonchev–Trinajstić information content (AvgIpc) is 2.39. The lowest BCUT2D eigenvalue weighted by Gasteiger charge is -2.07. The second kappa shape index (κ2) is 6.19. The van der Waals surface area contributed by atoms with Crippen LogP contribution in [0, 0.1) is 0 Å². The van der Waals surface area contributed by atoms with Crippen molar-refractivity contribution in [1.82, 2.24) is 15.0 Å². The normalized spacial score (nSPS) is 10.1. The third-order valence-corrected chi connectivity index (χ3v) is 2.35. The molecule has 1 aromatic heterocycles. The Morgan fingerprint density at radius 2 is 2.00 bits per heavy atom. The minimum absolute atomic E-state index is 0.144. The smallest absolute Gasteiger partial charge is 0.330 e. The van der Waals surface area contributed by atoms with Crippen LogP contribution in [0.2, 0.25) is 5.02 Å². The Labute approximate surface area is 115 Å². The van der Waals surface area contributed by atoms with Crippen molar-refractivity contribution in [2.75, 3.05) is 19.0 Å². The van der Waals surface area contributed by atoms with Gasteiger partial charge in [0.05, 0.1) is 7.11 Å². The number of aromatic nitrogens is 3. The molecule has 1 heterocycles. The Balaban J connectivity index is 2.26. The van der Waals surface area contributed by atoms with E-state index in [2.05, 4.69) is 20.3 Å². The lowest BCUT2D eigenvalue weighted by Crippen LogP contribution is -2.06. The van der Waals surface area contributed by atoms with Crippen LogP contribution < -0.4 is 14.8 Å². The quantitative estimate of drug-likeness (QED) is 0.908. The summed E-state index contributed by atoms with van der Waals surface area (Å²) in [5.41, 5.74) is 0. The van der Waals surface area contributed by atoms with Gasteiger partial charge in [0, 0.05) is 11.6 Å². The van der Waals surface area contributed by atoms with Crippen molar-refractivity contribution in [2.45, 2.75) is 6.92 Å². The fourth-order valence-corrected chi connectivity index (χ4v) is 1.53. The molecule has 0 fully saturated rings. The first-order valence-electron chi connectivity index (χ1n) is 5.68. The molecule has 100 valence electrons. The van der Waals surface area contributed by atoms with Crippen molar-refractivity contribution in [3.8, 4) is 17.8 Å². The molecule has 0 bridgehead atoms. The zero-order valence-electron chi connectivity index (χ0n) is 10.6. The van der Waals surface area contributed by atoms with E-state index in [4.69, 9.17) is 21.1 Å². The summed E-state index contributed by atoms with van der Waals surface area (Å²) in [6.07, 6.45) is 0. The zero-order chi connectivity index (χ0) is 13.7. The van der Waals surface area contributed by atoms with Crippen molar-refractivity contribution in [3.63, 3.8) is 0 Å². The Hall–Kier alpha value is -2.08. The first-order valence-corrected chi connectivity index (χ1v) is 6.06. The van der Waals surface area contributed by atoms with Gasteiger partial charge >= 0.3 is 12.0 Å². The first kappa shape index (κ1) is 13.4. The van der Waals surface area contributed by atoms with E-state index < -0.39 is 0 Å². The lowest BCUT2D eigenvalue weighted by atomic mass is 10.3. The number of hydrogen-bond acceptors (Lipinski definition) is 6. The highest BCUT2D eigenvalue weighted by molar-refractivity contribution is 6.30. The van der Waals surface area contributed by atoms with E-state index in [-0.39, 0.29) is 12.0 Å². The zero-order valence-corrected chi connectivity index (χ0v) is 11.3. The SMILES string of the molecule is CCNc1nc(OC)nc(Oc2cccc(Cl)c2)n1. The molecule has 1 N–H and O–H groups in total. The van der Waals surface area contributed by atoms with Gasteiger partial charge in [-0.15, -0.1) is 4.98 Å². The molecule has 0 aliphatic rings. The van der Waals surface area contributed by atoms with Crippen molar-refractivity contribution >= 4 is 17.5 Å². The van der Waals surface area contributed by atoms with E-state index in [1.54, 1.807) is 24.3 Å². The first-order chi connectivity index (χ1) is 9.21. The van der Waals surface area contributed by atoms with Crippen LogP contribution in [-0.2, 0) is 0 Å². The molecule has 0 aliphatic heterocycles. The van der Waals surface area contributed by atoms with Crippen LogP contribution in [-0.4, -0.2) is 28.6 Å². The largest absolute Gasteiger partial charge is 0.467 e. The van der Waals surface area contributed by atoms with Crippen LogP contribution >= 0.6 is 11.6 Å². The van der Waals surface area contributed by atoms with Gasteiger partial charge in [0.2, 0.25) is 5.95 Å². The molecule has 0 unspecified atom stereocenters. The van der Waals surface area contributed by atoms with Crippen molar-refractivity contribution in [1.29, 1.82) is 0 Å². The van der Waals surface area contributed by atoms with E-state index >= 15 is 0 Å². The molecule has 6 nitrogen and oxygen atoms in total. The Morgan fingerprint density at radius 1 is 1.21 bits per heavy atom. The Kier molecular flexibility index (Phi) is 4.35. The molecule has 0 atom stereocenters. The summed E-state index contributed by atoms with van der Waals surface area (Å²) in [5, 5.41) is 3.55. The molecule has 0 saturated heterocycles. The van der Waals surface area contributed by atoms with Gasteiger partial charge in [0.25, 0.3) is 0 Å². The van der Waals surface area contributed by atoms with Gasteiger partial charge < -0.3 is 14.8 Å². The molecule has 2 rings (SSSR count). The maximum Gasteiger partial charge on any atom is 0.330 e. The minimum atomic E-state index is 0.144. The number of hydrogen-bond donors (Lipinski definition) is 1. The molecule has 0 spiro atoms. The van der Waals surface area contributed by atoms with Crippen LogP contribution in [0.3, 0.4) is 0 Å². The summed E-state index contributed by atoms with van der Waals surface area (Å²) >= 11 is 5.88. The van der Waals surface area contributed by atoms with Crippen LogP contribution in [0.1, 0.15) is 6.92 Å². The van der Waals surface area contributed by atoms with E-state index in [1.165, 1.54) is 7.11 Å². The predicted molar refractivity (Wildman–Crippen MR) is 72.1 cm³/mol. The molecule has 0 saturated carbocycles. The van der Waals surface area contributed by atoms with Crippen LogP contribution in [0.5, 0.6) is 17.8 Å². The molecule has 0 radical (unpaired) electrons. The van der Waals surface area contributed by atoms with Gasteiger partial charge in [-0.25, -0.2) is 0 Å². The highest BCUT2D eigenvalue weighted by atomic mass is 35.5. The van der Waals surface area contributed by atoms with Crippen LogP contribution in [0.25, 0.3) is 0 Å². The molecule has 0 aliphatic carbocycles. The van der Waals surface area contributed by atoms with E-state index in [0.717, 1.165) is 0 Å². The fraction of sp³-hybridized carbons (Fsp3) is 0.250. The van der Waals surface area contributed by atoms with Crippen LogP contribution in [0.15, 0.2) is 24.3 Å². The number of anilines is 1.